The summed E-state index contributed by atoms with van der Waals surface area (Å²) in [5, 5.41) is 0. The van der Waals surface area contributed by atoms with E-state index in [1.807, 2.05) is 11.8 Å². The third-order valence-corrected chi connectivity index (χ3v) is 3.85. The molecule has 1 saturated heterocycles. The molecule has 0 saturated carbocycles. The van der Waals surface area contributed by atoms with Crippen molar-refractivity contribution in [2.45, 2.75) is 19.6 Å². The lowest BCUT2D eigenvalue weighted by atomic mass is 10.1. The van der Waals surface area contributed by atoms with E-state index in [9.17, 15) is 8.78 Å². The number of rotatable bonds is 5. The molecule has 1 aliphatic rings. The van der Waals surface area contributed by atoms with E-state index in [4.69, 9.17) is 9.47 Å². The van der Waals surface area contributed by atoms with Crippen molar-refractivity contribution in [3.63, 3.8) is 0 Å². The van der Waals surface area contributed by atoms with Crippen molar-refractivity contribution < 1.29 is 23.0 Å². The summed E-state index contributed by atoms with van der Waals surface area (Å²) in [6, 6.07) is 8.24. The van der Waals surface area contributed by atoms with Gasteiger partial charge in [-0.1, -0.05) is 12.1 Å². The van der Waals surface area contributed by atoms with Gasteiger partial charge in [-0.3, -0.25) is 0 Å². The molecular weight excluding hydrogens is 332 g/mol. The maximum Gasteiger partial charge on any atom is 0.387 e. The number of morpholine rings is 1. The van der Waals surface area contributed by atoms with E-state index >= 15 is 0 Å². The van der Waals surface area contributed by atoms with Crippen molar-refractivity contribution in [2.24, 2.45) is 0 Å². The highest BCUT2D eigenvalue weighted by Crippen LogP contribution is 2.27. The second kappa shape index (κ2) is 7.60. The Labute approximate surface area is 144 Å². The molecule has 1 aromatic carbocycles. The number of hydrogen-bond acceptors (Lipinski definition) is 6. The summed E-state index contributed by atoms with van der Waals surface area (Å²) >= 11 is 0. The van der Waals surface area contributed by atoms with Crippen molar-refractivity contribution in [2.75, 3.05) is 31.7 Å². The summed E-state index contributed by atoms with van der Waals surface area (Å²) in [6.07, 6.45) is -0.204. The lowest BCUT2D eigenvalue weighted by Gasteiger charge is -2.33. The topological polar surface area (TPSA) is 56.7 Å². The van der Waals surface area contributed by atoms with Crippen molar-refractivity contribution in [3.05, 3.63) is 41.6 Å². The van der Waals surface area contributed by atoms with Gasteiger partial charge in [-0.05, 0) is 24.6 Å². The van der Waals surface area contributed by atoms with E-state index in [1.54, 1.807) is 25.3 Å². The number of aryl methyl sites for hydroxylation is 1. The molecule has 3 rings (SSSR count). The summed E-state index contributed by atoms with van der Waals surface area (Å²) in [4.78, 5) is 10.9. The third kappa shape index (κ3) is 4.33. The van der Waals surface area contributed by atoms with E-state index < -0.39 is 6.61 Å². The van der Waals surface area contributed by atoms with Gasteiger partial charge in [-0.15, -0.1) is 0 Å². The number of alkyl halides is 2. The van der Waals surface area contributed by atoms with Crippen LogP contribution in [0.3, 0.4) is 0 Å². The van der Waals surface area contributed by atoms with Gasteiger partial charge in [0.15, 0.2) is 0 Å². The molecule has 2 heterocycles. The number of methoxy groups -OCH3 is 1. The number of halogens is 2. The number of hydrogen-bond donors (Lipinski definition) is 0. The molecule has 1 unspecified atom stereocenters. The van der Waals surface area contributed by atoms with E-state index in [0.29, 0.717) is 31.5 Å². The molecule has 134 valence electrons. The molecule has 8 heteroatoms. The van der Waals surface area contributed by atoms with Gasteiger partial charge in [0.05, 0.1) is 20.3 Å². The van der Waals surface area contributed by atoms with Crippen LogP contribution in [0.1, 0.15) is 17.4 Å². The SMILES string of the molecule is COc1cc(C)nc(N2CCOC(c3ccc(OC(F)F)cc3)C2)n1. The first-order chi connectivity index (χ1) is 12.0. The van der Waals surface area contributed by atoms with Crippen LogP contribution in [0.4, 0.5) is 14.7 Å². The fourth-order valence-corrected chi connectivity index (χ4v) is 2.67. The van der Waals surface area contributed by atoms with Crippen LogP contribution in [-0.4, -0.2) is 43.4 Å². The van der Waals surface area contributed by atoms with E-state index in [-0.39, 0.29) is 11.9 Å². The zero-order valence-corrected chi connectivity index (χ0v) is 14.0. The summed E-state index contributed by atoms with van der Waals surface area (Å²) in [7, 11) is 1.57. The number of anilines is 1. The Kier molecular flexibility index (Phi) is 5.28. The minimum atomic E-state index is -2.83. The fourth-order valence-electron chi connectivity index (χ4n) is 2.67. The largest absolute Gasteiger partial charge is 0.481 e. The molecule has 0 radical (unpaired) electrons. The molecular formula is C17H19F2N3O3. The molecule has 0 aliphatic carbocycles. The lowest BCUT2D eigenvalue weighted by Crippen LogP contribution is -2.39. The Morgan fingerprint density at radius 1 is 1.24 bits per heavy atom. The Morgan fingerprint density at radius 3 is 2.68 bits per heavy atom. The van der Waals surface area contributed by atoms with Crippen LogP contribution in [0.2, 0.25) is 0 Å². The van der Waals surface area contributed by atoms with E-state index in [2.05, 4.69) is 14.7 Å². The van der Waals surface area contributed by atoms with Crippen molar-refractivity contribution in [3.8, 4) is 11.6 Å². The van der Waals surface area contributed by atoms with Gasteiger partial charge in [0.1, 0.15) is 11.9 Å². The first kappa shape index (κ1) is 17.3. The Bertz CT molecular complexity index is 713. The Balaban J connectivity index is 1.73. The quantitative estimate of drug-likeness (QED) is 0.825. The zero-order chi connectivity index (χ0) is 17.8. The van der Waals surface area contributed by atoms with Gasteiger partial charge in [0.25, 0.3) is 0 Å². The monoisotopic (exact) mass is 351 g/mol. The van der Waals surface area contributed by atoms with Crippen LogP contribution in [0.25, 0.3) is 0 Å². The predicted octanol–water partition coefficient (Wildman–Crippen LogP) is 2.97. The highest BCUT2D eigenvalue weighted by molar-refractivity contribution is 5.37. The van der Waals surface area contributed by atoms with Crippen LogP contribution in [0, 0.1) is 6.92 Å². The zero-order valence-electron chi connectivity index (χ0n) is 14.0. The average molecular weight is 351 g/mol. The number of nitrogens with zero attached hydrogens (tertiary/aromatic N) is 3. The molecule has 6 nitrogen and oxygen atoms in total. The average Bonchev–Trinajstić information content (AvgIpc) is 2.61. The third-order valence-electron chi connectivity index (χ3n) is 3.85. The minimum absolute atomic E-state index is 0.123. The normalized spacial score (nSPS) is 17.6. The Morgan fingerprint density at radius 2 is 2.00 bits per heavy atom. The number of aromatic nitrogens is 2. The molecule has 0 spiro atoms. The molecule has 25 heavy (non-hydrogen) atoms. The van der Waals surface area contributed by atoms with E-state index in [1.165, 1.54) is 12.1 Å². The van der Waals surface area contributed by atoms with E-state index in [0.717, 1.165) is 11.3 Å². The predicted molar refractivity (Wildman–Crippen MR) is 87.3 cm³/mol. The van der Waals surface area contributed by atoms with Gasteiger partial charge < -0.3 is 19.1 Å². The highest BCUT2D eigenvalue weighted by atomic mass is 19.3. The fraction of sp³-hybridized carbons (Fsp3) is 0.412. The maximum atomic E-state index is 12.2. The molecule has 1 atom stereocenters. The molecule has 1 aromatic heterocycles. The summed E-state index contributed by atoms with van der Waals surface area (Å²) in [5.41, 5.74) is 1.70. The van der Waals surface area contributed by atoms with Crippen LogP contribution in [-0.2, 0) is 4.74 Å². The van der Waals surface area contributed by atoms with Gasteiger partial charge in [-0.2, -0.15) is 13.8 Å². The van der Waals surface area contributed by atoms with Gasteiger partial charge in [-0.25, -0.2) is 4.98 Å². The highest BCUT2D eigenvalue weighted by Gasteiger charge is 2.24. The van der Waals surface area contributed by atoms with Crippen LogP contribution in [0.15, 0.2) is 30.3 Å². The van der Waals surface area contributed by atoms with Crippen LogP contribution >= 0.6 is 0 Å². The molecule has 0 amide bonds. The first-order valence-electron chi connectivity index (χ1n) is 7.86. The second-order valence-electron chi connectivity index (χ2n) is 5.60. The summed E-state index contributed by atoms with van der Waals surface area (Å²) < 4.78 is 39.8. The molecule has 1 aliphatic heterocycles. The Hall–Kier alpha value is -2.48. The molecule has 0 bridgehead atoms. The number of benzene rings is 1. The van der Waals surface area contributed by atoms with Crippen molar-refractivity contribution >= 4 is 5.95 Å². The molecule has 1 fully saturated rings. The van der Waals surface area contributed by atoms with Gasteiger partial charge in [0.2, 0.25) is 11.8 Å². The number of ether oxygens (including phenoxy) is 3. The molecule has 0 N–H and O–H groups in total. The summed E-state index contributed by atoms with van der Waals surface area (Å²) in [5.74, 6) is 1.22. The first-order valence-corrected chi connectivity index (χ1v) is 7.86. The molecule has 2 aromatic rings. The minimum Gasteiger partial charge on any atom is -0.481 e. The maximum absolute atomic E-state index is 12.2. The van der Waals surface area contributed by atoms with Gasteiger partial charge in [0, 0.05) is 18.3 Å². The summed E-state index contributed by atoms with van der Waals surface area (Å²) in [6.45, 7) is 0.783. The van der Waals surface area contributed by atoms with Crippen LogP contribution < -0.4 is 14.4 Å². The smallest absolute Gasteiger partial charge is 0.387 e. The van der Waals surface area contributed by atoms with Crippen LogP contribution in [0.5, 0.6) is 11.6 Å². The van der Waals surface area contributed by atoms with Gasteiger partial charge >= 0.3 is 6.61 Å². The van der Waals surface area contributed by atoms with Crippen molar-refractivity contribution in [1.82, 2.24) is 9.97 Å². The standard InChI is InChI=1S/C17H19F2N3O3/c1-11-9-15(23-2)21-17(20-11)22-7-8-24-14(10-22)12-3-5-13(6-4-12)25-16(18)19/h3-6,9,14,16H,7-8,10H2,1-2H3. The second-order valence-corrected chi connectivity index (χ2v) is 5.60. The van der Waals surface area contributed by atoms with Crippen molar-refractivity contribution in [1.29, 1.82) is 0 Å². The lowest BCUT2D eigenvalue weighted by molar-refractivity contribution is -0.0498.